The van der Waals surface area contributed by atoms with Gasteiger partial charge in [0.15, 0.2) is 0 Å². The van der Waals surface area contributed by atoms with Crippen LogP contribution in [0.2, 0.25) is 0 Å². The van der Waals surface area contributed by atoms with Gasteiger partial charge >= 0.3 is 5.63 Å². The van der Waals surface area contributed by atoms with Crippen LogP contribution in [0, 0.1) is 19.8 Å². The molecule has 1 aliphatic heterocycles. The number of rotatable bonds is 4. The summed E-state index contributed by atoms with van der Waals surface area (Å²) in [6, 6.07) is 5.78. The molecule has 0 atom stereocenters. The number of fused-ring (bicyclic) bond motifs is 1. The lowest BCUT2D eigenvalue weighted by Gasteiger charge is -2.31. The van der Waals surface area contributed by atoms with Gasteiger partial charge in [-0.2, -0.15) is 0 Å². The second-order valence-electron chi connectivity index (χ2n) is 7.47. The van der Waals surface area contributed by atoms with E-state index in [0.29, 0.717) is 5.58 Å². The molecule has 0 saturated carbocycles. The van der Waals surface area contributed by atoms with Crippen molar-refractivity contribution in [2.45, 2.75) is 33.2 Å². The largest absolute Gasteiger partial charge is 0.423 e. The Kier molecular flexibility index (Phi) is 5.07. The van der Waals surface area contributed by atoms with E-state index in [4.69, 9.17) is 4.42 Å². The van der Waals surface area contributed by atoms with Gasteiger partial charge in [0.25, 0.3) is 0 Å². The highest BCUT2D eigenvalue weighted by atomic mass is 16.4. The molecule has 0 unspecified atom stereocenters. The van der Waals surface area contributed by atoms with Crippen molar-refractivity contribution in [3.05, 3.63) is 45.3 Å². The maximum absolute atomic E-state index is 11.9. The quantitative estimate of drug-likeness (QED) is 0.808. The van der Waals surface area contributed by atoms with Crippen molar-refractivity contribution in [3.8, 4) is 0 Å². The molecule has 1 aromatic heterocycles. The van der Waals surface area contributed by atoms with Crippen LogP contribution in [-0.4, -0.2) is 43.5 Å². The summed E-state index contributed by atoms with van der Waals surface area (Å²) < 4.78 is 5.40. The highest BCUT2D eigenvalue weighted by Gasteiger charge is 2.19. The Bertz CT molecular complexity index is 773. The third-order valence-corrected chi connectivity index (χ3v) is 5.29. The summed E-state index contributed by atoms with van der Waals surface area (Å²) in [5, 5.41) is 1.06. The van der Waals surface area contributed by atoms with Gasteiger partial charge in [-0.15, -0.1) is 0 Å². The number of hydrogen-bond donors (Lipinski definition) is 0. The zero-order valence-corrected chi connectivity index (χ0v) is 15.3. The number of aryl methyl sites for hydroxylation is 2. The van der Waals surface area contributed by atoms with Crippen LogP contribution in [0.5, 0.6) is 0 Å². The molecule has 24 heavy (non-hydrogen) atoms. The van der Waals surface area contributed by atoms with Gasteiger partial charge in [0.1, 0.15) is 5.58 Å². The van der Waals surface area contributed by atoms with Crippen molar-refractivity contribution in [3.63, 3.8) is 0 Å². The fourth-order valence-corrected chi connectivity index (χ4v) is 3.65. The fraction of sp³-hybridized carbons (Fsp3) is 0.550. The number of likely N-dealkylation sites (tertiary alicyclic amines) is 1. The van der Waals surface area contributed by atoms with E-state index in [1.54, 1.807) is 6.07 Å². The average Bonchev–Trinajstić information content (AvgIpc) is 2.51. The molecule has 4 heteroatoms. The molecular formula is C20H28N2O2. The third kappa shape index (κ3) is 3.87. The molecule has 1 saturated heterocycles. The number of nitrogens with zero attached hydrogens (tertiary/aromatic N) is 2. The van der Waals surface area contributed by atoms with E-state index in [1.807, 2.05) is 13.0 Å². The van der Waals surface area contributed by atoms with Crippen molar-refractivity contribution >= 4 is 11.0 Å². The van der Waals surface area contributed by atoms with Crippen LogP contribution in [0.15, 0.2) is 27.4 Å². The van der Waals surface area contributed by atoms with Crippen LogP contribution in [0.1, 0.15) is 29.5 Å². The van der Waals surface area contributed by atoms with Gasteiger partial charge in [0, 0.05) is 24.5 Å². The summed E-state index contributed by atoms with van der Waals surface area (Å²) in [4.78, 5) is 16.7. The Balaban J connectivity index is 1.79. The predicted octanol–water partition coefficient (Wildman–Crippen LogP) is 3.18. The molecule has 0 bridgehead atoms. The second-order valence-corrected chi connectivity index (χ2v) is 7.47. The Labute approximate surface area is 144 Å². The van der Waals surface area contributed by atoms with Gasteiger partial charge in [-0.1, -0.05) is 0 Å². The summed E-state index contributed by atoms with van der Waals surface area (Å²) >= 11 is 0. The van der Waals surface area contributed by atoms with Gasteiger partial charge in [-0.25, -0.2) is 4.79 Å². The summed E-state index contributed by atoms with van der Waals surface area (Å²) in [7, 11) is 4.35. The van der Waals surface area contributed by atoms with E-state index >= 15 is 0 Å². The molecule has 1 aliphatic rings. The lowest BCUT2D eigenvalue weighted by atomic mass is 9.96. The molecule has 2 aromatic rings. The number of hydrogen-bond acceptors (Lipinski definition) is 4. The van der Waals surface area contributed by atoms with Gasteiger partial charge in [-0.3, -0.25) is 0 Å². The molecule has 4 nitrogen and oxygen atoms in total. The summed E-state index contributed by atoms with van der Waals surface area (Å²) in [5.41, 5.74) is 3.90. The van der Waals surface area contributed by atoms with Crippen molar-refractivity contribution in [2.24, 2.45) is 5.92 Å². The maximum atomic E-state index is 11.9. The van der Waals surface area contributed by atoms with Crippen LogP contribution < -0.4 is 5.63 Å². The first-order valence-electron chi connectivity index (χ1n) is 8.83. The molecule has 2 heterocycles. The standard InChI is InChI=1S/C20H28N2O2/c1-14-9-18-17(11-20(23)24-19(18)10-15(14)2)13-22(4)12-16-5-7-21(3)8-6-16/h9-11,16H,5-8,12-13H2,1-4H3. The van der Waals surface area contributed by atoms with Crippen molar-refractivity contribution in [1.82, 2.24) is 9.80 Å². The molecular weight excluding hydrogens is 300 g/mol. The molecule has 1 aromatic carbocycles. The first-order valence-corrected chi connectivity index (χ1v) is 8.83. The molecule has 130 valence electrons. The zero-order chi connectivity index (χ0) is 17.3. The monoisotopic (exact) mass is 328 g/mol. The average molecular weight is 328 g/mol. The SMILES string of the molecule is Cc1cc2oc(=O)cc(CN(C)CC3CCN(C)CC3)c2cc1C. The molecule has 0 radical (unpaired) electrons. The molecule has 0 aliphatic carbocycles. The van der Waals surface area contributed by atoms with E-state index in [-0.39, 0.29) is 5.63 Å². The lowest BCUT2D eigenvalue weighted by Crippen LogP contribution is -2.35. The minimum atomic E-state index is -0.256. The lowest BCUT2D eigenvalue weighted by molar-refractivity contribution is 0.173. The number of piperidine rings is 1. The van der Waals surface area contributed by atoms with E-state index in [1.165, 1.54) is 31.5 Å². The van der Waals surface area contributed by atoms with Crippen LogP contribution in [0.3, 0.4) is 0 Å². The molecule has 0 amide bonds. The Morgan fingerprint density at radius 3 is 2.54 bits per heavy atom. The number of benzene rings is 1. The van der Waals surface area contributed by atoms with Crippen LogP contribution in [0.4, 0.5) is 0 Å². The molecule has 0 spiro atoms. The van der Waals surface area contributed by atoms with Crippen LogP contribution in [-0.2, 0) is 6.54 Å². The van der Waals surface area contributed by atoms with Crippen molar-refractivity contribution in [2.75, 3.05) is 33.7 Å². The maximum Gasteiger partial charge on any atom is 0.336 e. The molecule has 1 fully saturated rings. The Morgan fingerprint density at radius 2 is 1.83 bits per heavy atom. The fourth-order valence-electron chi connectivity index (χ4n) is 3.65. The van der Waals surface area contributed by atoms with Crippen molar-refractivity contribution in [1.29, 1.82) is 0 Å². The summed E-state index contributed by atoms with van der Waals surface area (Å²) in [6.45, 7) is 8.40. The predicted molar refractivity (Wildman–Crippen MR) is 98.5 cm³/mol. The van der Waals surface area contributed by atoms with E-state index in [2.05, 4.69) is 36.9 Å². The minimum absolute atomic E-state index is 0.256. The first kappa shape index (κ1) is 17.2. The topological polar surface area (TPSA) is 36.7 Å². The smallest absolute Gasteiger partial charge is 0.336 e. The van der Waals surface area contributed by atoms with Crippen LogP contribution >= 0.6 is 0 Å². The third-order valence-electron chi connectivity index (χ3n) is 5.29. The highest BCUT2D eigenvalue weighted by molar-refractivity contribution is 5.81. The second kappa shape index (κ2) is 7.08. The Morgan fingerprint density at radius 1 is 1.17 bits per heavy atom. The van der Waals surface area contributed by atoms with E-state index in [9.17, 15) is 4.79 Å². The van der Waals surface area contributed by atoms with Gasteiger partial charge in [0.05, 0.1) is 0 Å². The van der Waals surface area contributed by atoms with Crippen LogP contribution in [0.25, 0.3) is 11.0 Å². The summed E-state index contributed by atoms with van der Waals surface area (Å²) in [5.74, 6) is 0.751. The van der Waals surface area contributed by atoms with Gasteiger partial charge < -0.3 is 14.2 Å². The minimum Gasteiger partial charge on any atom is -0.423 e. The molecule has 0 N–H and O–H groups in total. The van der Waals surface area contributed by atoms with Gasteiger partial charge in [-0.05, 0) is 88.6 Å². The van der Waals surface area contributed by atoms with Gasteiger partial charge in [0.2, 0.25) is 0 Å². The highest BCUT2D eigenvalue weighted by Crippen LogP contribution is 2.23. The van der Waals surface area contributed by atoms with Crippen molar-refractivity contribution < 1.29 is 4.42 Å². The first-order chi connectivity index (χ1) is 11.4. The summed E-state index contributed by atoms with van der Waals surface area (Å²) in [6.07, 6.45) is 2.52. The zero-order valence-electron chi connectivity index (χ0n) is 15.3. The normalized spacial score (nSPS) is 17.0. The molecule has 3 rings (SSSR count). The Hall–Kier alpha value is -1.65. The van der Waals surface area contributed by atoms with E-state index in [0.717, 1.165) is 35.5 Å². The van der Waals surface area contributed by atoms with E-state index < -0.39 is 0 Å².